The van der Waals surface area contributed by atoms with E-state index in [9.17, 15) is 4.79 Å². The van der Waals surface area contributed by atoms with E-state index in [1.165, 1.54) is 12.4 Å². The summed E-state index contributed by atoms with van der Waals surface area (Å²) in [5.74, 6) is -0.694. The molecule has 1 heterocycles. The van der Waals surface area contributed by atoms with E-state index in [1.807, 2.05) is 42.5 Å². The lowest BCUT2D eigenvalue weighted by atomic mass is 10.1. The zero-order valence-electron chi connectivity index (χ0n) is 10.4. The number of fused-ring (bicyclic) bond motifs is 1. The Bertz CT molecular complexity index is 781. The number of nitrogens with one attached hydrogen (secondary N) is 1. The van der Waals surface area contributed by atoms with Crippen LogP contribution in [0.1, 0.15) is 10.5 Å². The maximum Gasteiger partial charge on any atom is 0.356 e. The van der Waals surface area contributed by atoms with Gasteiger partial charge < -0.3 is 10.4 Å². The number of hydrogen-bond acceptors (Lipinski definition) is 4. The third-order valence-corrected chi connectivity index (χ3v) is 2.91. The molecule has 0 bridgehead atoms. The van der Waals surface area contributed by atoms with Gasteiger partial charge in [-0.3, -0.25) is 4.98 Å². The number of carboxylic acid groups (broad SMARTS) is 1. The van der Waals surface area contributed by atoms with Gasteiger partial charge in [-0.15, -0.1) is 0 Å². The van der Waals surface area contributed by atoms with Gasteiger partial charge in [0, 0.05) is 11.1 Å². The van der Waals surface area contributed by atoms with Crippen molar-refractivity contribution in [2.24, 2.45) is 0 Å². The third kappa shape index (κ3) is 2.29. The first-order chi connectivity index (χ1) is 9.74. The molecule has 0 saturated carbocycles. The monoisotopic (exact) mass is 265 g/mol. The second-order valence-electron chi connectivity index (χ2n) is 4.25. The number of anilines is 2. The Morgan fingerprint density at radius 3 is 2.70 bits per heavy atom. The minimum absolute atomic E-state index is 0.0877. The molecule has 0 aliphatic carbocycles. The minimum Gasteiger partial charge on any atom is -0.476 e. The molecule has 0 saturated heterocycles. The first kappa shape index (κ1) is 12.1. The Balaban J connectivity index is 2.01. The fourth-order valence-electron chi connectivity index (χ4n) is 2.00. The average molecular weight is 265 g/mol. The van der Waals surface area contributed by atoms with Gasteiger partial charge in [0.15, 0.2) is 5.69 Å². The topological polar surface area (TPSA) is 75.1 Å². The molecule has 2 N–H and O–H groups in total. The first-order valence-electron chi connectivity index (χ1n) is 6.04. The van der Waals surface area contributed by atoms with Crippen LogP contribution in [0.25, 0.3) is 10.8 Å². The number of aromatic carboxylic acids is 1. The summed E-state index contributed by atoms with van der Waals surface area (Å²) >= 11 is 0. The number of benzene rings is 2. The van der Waals surface area contributed by atoms with Crippen molar-refractivity contribution < 1.29 is 9.90 Å². The Labute approximate surface area is 114 Å². The number of nitrogens with zero attached hydrogens (tertiary/aromatic N) is 2. The van der Waals surface area contributed by atoms with E-state index in [0.717, 1.165) is 16.5 Å². The van der Waals surface area contributed by atoms with Crippen LogP contribution >= 0.6 is 0 Å². The van der Waals surface area contributed by atoms with Crippen LogP contribution in [-0.4, -0.2) is 21.0 Å². The minimum atomic E-state index is -1.10. The maximum absolute atomic E-state index is 10.9. The van der Waals surface area contributed by atoms with E-state index in [0.29, 0.717) is 5.82 Å². The highest BCUT2D eigenvalue weighted by Crippen LogP contribution is 2.25. The van der Waals surface area contributed by atoms with Crippen LogP contribution in [0.4, 0.5) is 11.5 Å². The van der Waals surface area contributed by atoms with Gasteiger partial charge in [0.1, 0.15) is 5.82 Å². The molecule has 0 spiro atoms. The van der Waals surface area contributed by atoms with Gasteiger partial charge in [-0.25, -0.2) is 9.78 Å². The summed E-state index contributed by atoms with van der Waals surface area (Å²) in [6.07, 6.45) is 2.71. The van der Waals surface area contributed by atoms with Gasteiger partial charge in [0.05, 0.1) is 12.4 Å². The summed E-state index contributed by atoms with van der Waals surface area (Å²) in [6.45, 7) is 0. The van der Waals surface area contributed by atoms with Crippen molar-refractivity contribution in [1.82, 2.24) is 9.97 Å². The molecule has 0 aliphatic heterocycles. The SMILES string of the molecule is O=C(O)c1cncc(Nc2cccc3ccccc23)n1. The van der Waals surface area contributed by atoms with E-state index in [2.05, 4.69) is 15.3 Å². The molecule has 0 unspecified atom stereocenters. The predicted octanol–water partition coefficient (Wildman–Crippen LogP) is 3.07. The highest BCUT2D eigenvalue weighted by molar-refractivity contribution is 5.95. The molecule has 0 amide bonds. The van der Waals surface area contributed by atoms with Crippen LogP contribution in [0.15, 0.2) is 54.9 Å². The van der Waals surface area contributed by atoms with E-state index in [4.69, 9.17) is 5.11 Å². The molecule has 1 aromatic heterocycles. The second kappa shape index (κ2) is 4.97. The summed E-state index contributed by atoms with van der Waals surface area (Å²) in [5.41, 5.74) is 0.773. The normalized spacial score (nSPS) is 10.4. The van der Waals surface area contributed by atoms with Gasteiger partial charge in [0.25, 0.3) is 0 Å². The predicted molar refractivity (Wildman–Crippen MR) is 76.2 cm³/mol. The molecule has 98 valence electrons. The summed E-state index contributed by atoms with van der Waals surface area (Å²) in [5, 5.41) is 14.2. The van der Waals surface area contributed by atoms with Crippen molar-refractivity contribution in [3.05, 3.63) is 60.6 Å². The summed E-state index contributed by atoms with van der Waals surface area (Å²) in [4.78, 5) is 18.8. The lowest BCUT2D eigenvalue weighted by molar-refractivity contribution is 0.0690. The lowest BCUT2D eigenvalue weighted by Gasteiger charge is -2.09. The van der Waals surface area contributed by atoms with Crippen molar-refractivity contribution >= 4 is 28.2 Å². The molecule has 0 radical (unpaired) electrons. The molecule has 0 aliphatic rings. The molecule has 5 nitrogen and oxygen atoms in total. The van der Waals surface area contributed by atoms with Crippen molar-refractivity contribution in [2.75, 3.05) is 5.32 Å². The Morgan fingerprint density at radius 1 is 1.05 bits per heavy atom. The van der Waals surface area contributed by atoms with Gasteiger partial charge >= 0.3 is 5.97 Å². The van der Waals surface area contributed by atoms with Crippen LogP contribution in [0, 0.1) is 0 Å². The van der Waals surface area contributed by atoms with Crippen LogP contribution in [-0.2, 0) is 0 Å². The summed E-state index contributed by atoms with van der Waals surface area (Å²) < 4.78 is 0. The number of hydrogen-bond donors (Lipinski definition) is 2. The molecule has 0 fully saturated rings. The zero-order valence-corrected chi connectivity index (χ0v) is 10.4. The summed E-state index contributed by atoms with van der Waals surface area (Å²) in [6, 6.07) is 13.8. The number of carboxylic acids is 1. The lowest BCUT2D eigenvalue weighted by Crippen LogP contribution is -2.04. The fourth-order valence-corrected chi connectivity index (χ4v) is 2.00. The highest BCUT2D eigenvalue weighted by Gasteiger charge is 2.07. The van der Waals surface area contributed by atoms with Gasteiger partial charge in [-0.1, -0.05) is 36.4 Å². The smallest absolute Gasteiger partial charge is 0.356 e. The zero-order chi connectivity index (χ0) is 13.9. The Hall–Kier alpha value is -2.95. The van der Waals surface area contributed by atoms with E-state index in [1.54, 1.807) is 0 Å². The van der Waals surface area contributed by atoms with Crippen LogP contribution in [0.2, 0.25) is 0 Å². The van der Waals surface area contributed by atoms with Crippen molar-refractivity contribution in [3.8, 4) is 0 Å². The number of carbonyl (C=O) groups is 1. The summed E-state index contributed by atoms with van der Waals surface area (Å²) in [7, 11) is 0. The fraction of sp³-hybridized carbons (Fsp3) is 0. The largest absolute Gasteiger partial charge is 0.476 e. The van der Waals surface area contributed by atoms with Gasteiger partial charge in [0.2, 0.25) is 0 Å². The Morgan fingerprint density at radius 2 is 1.85 bits per heavy atom. The van der Waals surface area contributed by atoms with Crippen molar-refractivity contribution in [3.63, 3.8) is 0 Å². The third-order valence-electron chi connectivity index (χ3n) is 2.91. The van der Waals surface area contributed by atoms with Crippen LogP contribution in [0.5, 0.6) is 0 Å². The van der Waals surface area contributed by atoms with Crippen molar-refractivity contribution in [1.29, 1.82) is 0 Å². The van der Waals surface area contributed by atoms with Crippen LogP contribution in [0.3, 0.4) is 0 Å². The molecule has 2 aromatic carbocycles. The quantitative estimate of drug-likeness (QED) is 0.761. The Kier molecular flexibility index (Phi) is 3.01. The highest BCUT2D eigenvalue weighted by atomic mass is 16.4. The molecular weight excluding hydrogens is 254 g/mol. The van der Waals surface area contributed by atoms with E-state index in [-0.39, 0.29) is 5.69 Å². The average Bonchev–Trinajstić information content (AvgIpc) is 2.48. The van der Waals surface area contributed by atoms with E-state index < -0.39 is 5.97 Å². The van der Waals surface area contributed by atoms with E-state index >= 15 is 0 Å². The molecule has 0 atom stereocenters. The standard InChI is InChI=1S/C15H11N3O2/c19-15(20)13-8-16-9-14(18-13)17-12-7-3-5-10-4-1-2-6-11(10)12/h1-9H,(H,17,18)(H,19,20). The maximum atomic E-state index is 10.9. The molecule has 3 rings (SSSR count). The van der Waals surface area contributed by atoms with Gasteiger partial charge in [-0.05, 0) is 11.5 Å². The second-order valence-corrected chi connectivity index (χ2v) is 4.25. The first-order valence-corrected chi connectivity index (χ1v) is 6.04. The van der Waals surface area contributed by atoms with Crippen LogP contribution < -0.4 is 5.32 Å². The van der Waals surface area contributed by atoms with Crippen molar-refractivity contribution in [2.45, 2.75) is 0 Å². The molecule has 20 heavy (non-hydrogen) atoms. The number of aromatic nitrogens is 2. The molecular formula is C15H11N3O2. The molecule has 5 heteroatoms. The molecule has 3 aromatic rings. The van der Waals surface area contributed by atoms with Gasteiger partial charge in [-0.2, -0.15) is 0 Å². The number of rotatable bonds is 3.